The van der Waals surface area contributed by atoms with Gasteiger partial charge in [-0.15, -0.1) is 0 Å². The second-order valence-electron chi connectivity index (χ2n) is 1.65. The molecule has 0 atom stereocenters. The minimum absolute atomic E-state index is 0.0608. The summed E-state index contributed by atoms with van der Waals surface area (Å²) in [5.41, 5.74) is -0.0608. The summed E-state index contributed by atoms with van der Waals surface area (Å²) in [5, 5.41) is 10.2. The van der Waals surface area contributed by atoms with Crippen LogP contribution in [0, 0.1) is 0 Å². The van der Waals surface area contributed by atoms with E-state index in [4.69, 9.17) is 0 Å². The third-order valence-corrected chi connectivity index (χ3v) is 1.42. The largest absolute Gasteiger partial charge is 0.543 e. The molecule has 4 heteroatoms. The van der Waals surface area contributed by atoms with Crippen molar-refractivity contribution in [2.24, 2.45) is 0 Å². The maximum absolute atomic E-state index is 10.2. The van der Waals surface area contributed by atoms with E-state index < -0.39 is 5.97 Å². The average Bonchev–Trinajstić information content (AvgIpc) is 1.88. The minimum atomic E-state index is -1.26. The topological polar surface area (TPSA) is 53.0 Å². The highest BCUT2D eigenvalue weighted by atomic mass is 79.9. The van der Waals surface area contributed by atoms with Crippen molar-refractivity contribution in [1.82, 2.24) is 4.98 Å². The maximum Gasteiger partial charge on any atom is 0.0900 e. The molecule has 0 unspecified atom stereocenters. The van der Waals surface area contributed by atoms with E-state index in [0.717, 1.165) is 0 Å². The Morgan fingerprint density at radius 3 is 2.80 bits per heavy atom. The van der Waals surface area contributed by atoms with Crippen LogP contribution in [0.5, 0.6) is 0 Å². The third kappa shape index (κ3) is 1.54. The normalized spacial score (nSPS) is 9.30. The van der Waals surface area contributed by atoms with E-state index in [-0.39, 0.29) is 5.69 Å². The maximum atomic E-state index is 10.2. The first-order chi connectivity index (χ1) is 4.70. The van der Waals surface area contributed by atoms with Crippen molar-refractivity contribution >= 4 is 21.9 Å². The lowest BCUT2D eigenvalue weighted by molar-refractivity contribution is -0.255. The quantitative estimate of drug-likeness (QED) is 0.652. The zero-order valence-electron chi connectivity index (χ0n) is 4.87. The Morgan fingerprint density at radius 1 is 1.70 bits per heavy atom. The van der Waals surface area contributed by atoms with Gasteiger partial charge in [-0.2, -0.15) is 0 Å². The van der Waals surface area contributed by atoms with Gasteiger partial charge in [-0.25, -0.2) is 0 Å². The molecule has 0 aliphatic heterocycles. The SMILES string of the molecule is O=C([O-])c1cc(Br)ccn1. The Morgan fingerprint density at radius 2 is 2.40 bits per heavy atom. The lowest BCUT2D eigenvalue weighted by Gasteiger charge is -1.99. The van der Waals surface area contributed by atoms with Crippen molar-refractivity contribution in [3.8, 4) is 0 Å². The lowest BCUT2D eigenvalue weighted by Crippen LogP contribution is -2.23. The van der Waals surface area contributed by atoms with Gasteiger partial charge in [0.1, 0.15) is 0 Å². The van der Waals surface area contributed by atoms with Gasteiger partial charge in [0.25, 0.3) is 0 Å². The number of halogens is 1. The molecule has 52 valence electrons. The monoisotopic (exact) mass is 200 g/mol. The fourth-order valence-electron chi connectivity index (χ4n) is 0.516. The first-order valence-corrected chi connectivity index (χ1v) is 3.32. The number of carbonyl (C=O) groups is 1. The standard InChI is InChI=1S/C6H4BrNO2/c7-4-1-2-8-5(3-4)6(9)10/h1-3H,(H,9,10)/p-1. The number of hydrogen-bond donors (Lipinski definition) is 0. The number of nitrogens with zero attached hydrogens (tertiary/aromatic N) is 1. The Hall–Kier alpha value is -0.900. The van der Waals surface area contributed by atoms with E-state index in [9.17, 15) is 9.90 Å². The summed E-state index contributed by atoms with van der Waals surface area (Å²) in [4.78, 5) is 13.7. The van der Waals surface area contributed by atoms with Crippen molar-refractivity contribution in [2.75, 3.05) is 0 Å². The summed E-state index contributed by atoms with van der Waals surface area (Å²) in [6.45, 7) is 0. The van der Waals surface area contributed by atoms with Crippen LogP contribution < -0.4 is 5.11 Å². The predicted molar refractivity (Wildman–Crippen MR) is 36.3 cm³/mol. The van der Waals surface area contributed by atoms with Gasteiger partial charge in [0.2, 0.25) is 0 Å². The molecule has 0 spiro atoms. The van der Waals surface area contributed by atoms with Gasteiger partial charge in [0, 0.05) is 10.7 Å². The Bertz CT molecular complexity index is 262. The van der Waals surface area contributed by atoms with Crippen LogP contribution in [0.2, 0.25) is 0 Å². The molecule has 0 aliphatic carbocycles. The molecule has 1 heterocycles. The molecule has 0 aromatic carbocycles. The summed E-state index contributed by atoms with van der Waals surface area (Å²) < 4.78 is 0.682. The molecule has 0 aliphatic rings. The van der Waals surface area contributed by atoms with Gasteiger partial charge in [-0.1, -0.05) is 15.9 Å². The molecular weight excluding hydrogens is 198 g/mol. The molecule has 10 heavy (non-hydrogen) atoms. The third-order valence-electron chi connectivity index (χ3n) is 0.931. The van der Waals surface area contributed by atoms with Crippen molar-refractivity contribution in [3.63, 3.8) is 0 Å². The number of pyridine rings is 1. The van der Waals surface area contributed by atoms with Crippen LogP contribution in [-0.2, 0) is 0 Å². The van der Waals surface area contributed by atoms with Crippen molar-refractivity contribution in [2.45, 2.75) is 0 Å². The fraction of sp³-hybridized carbons (Fsp3) is 0. The summed E-state index contributed by atoms with van der Waals surface area (Å²) in [7, 11) is 0. The van der Waals surface area contributed by atoms with E-state index in [2.05, 4.69) is 20.9 Å². The number of rotatable bonds is 1. The first-order valence-electron chi connectivity index (χ1n) is 2.53. The zero-order chi connectivity index (χ0) is 7.56. The predicted octanol–water partition coefficient (Wildman–Crippen LogP) is 0.208. The molecule has 1 rings (SSSR count). The molecular formula is C6H3BrNO2-. The number of carbonyl (C=O) groups excluding carboxylic acids is 1. The van der Waals surface area contributed by atoms with E-state index in [1.807, 2.05) is 0 Å². The second kappa shape index (κ2) is 2.79. The lowest BCUT2D eigenvalue weighted by atomic mass is 10.4. The highest BCUT2D eigenvalue weighted by molar-refractivity contribution is 9.10. The summed E-state index contributed by atoms with van der Waals surface area (Å²) >= 11 is 3.10. The molecule has 1 aromatic heterocycles. The average molecular weight is 201 g/mol. The Kier molecular flexibility index (Phi) is 2.01. The highest BCUT2D eigenvalue weighted by Crippen LogP contribution is 2.07. The molecule has 0 bridgehead atoms. The summed E-state index contributed by atoms with van der Waals surface area (Å²) in [6, 6.07) is 3.03. The Labute approximate surface area is 65.8 Å². The number of aromatic nitrogens is 1. The number of carboxylic acid groups (broad SMARTS) is 1. The van der Waals surface area contributed by atoms with Crippen LogP contribution in [0.15, 0.2) is 22.8 Å². The van der Waals surface area contributed by atoms with Crippen LogP contribution in [0.4, 0.5) is 0 Å². The summed E-state index contributed by atoms with van der Waals surface area (Å²) in [5.74, 6) is -1.26. The molecule has 1 aromatic rings. The van der Waals surface area contributed by atoms with E-state index in [1.54, 1.807) is 6.07 Å². The van der Waals surface area contributed by atoms with Crippen LogP contribution in [0.25, 0.3) is 0 Å². The number of hydrogen-bond acceptors (Lipinski definition) is 3. The molecule has 0 fully saturated rings. The van der Waals surface area contributed by atoms with Crippen LogP contribution >= 0.6 is 15.9 Å². The minimum Gasteiger partial charge on any atom is -0.543 e. The van der Waals surface area contributed by atoms with E-state index in [0.29, 0.717) is 4.47 Å². The number of aromatic carboxylic acids is 1. The molecule has 3 nitrogen and oxygen atoms in total. The molecule has 0 saturated carbocycles. The van der Waals surface area contributed by atoms with Gasteiger partial charge in [0.05, 0.1) is 11.7 Å². The molecule has 0 saturated heterocycles. The van der Waals surface area contributed by atoms with E-state index >= 15 is 0 Å². The van der Waals surface area contributed by atoms with Gasteiger partial charge in [-0.3, -0.25) is 4.98 Å². The zero-order valence-corrected chi connectivity index (χ0v) is 6.46. The van der Waals surface area contributed by atoms with Crippen LogP contribution in [0.3, 0.4) is 0 Å². The van der Waals surface area contributed by atoms with Gasteiger partial charge >= 0.3 is 0 Å². The number of carboxylic acids is 1. The smallest absolute Gasteiger partial charge is 0.0900 e. The van der Waals surface area contributed by atoms with Crippen molar-refractivity contribution in [1.29, 1.82) is 0 Å². The van der Waals surface area contributed by atoms with Crippen molar-refractivity contribution < 1.29 is 9.90 Å². The first kappa shape index (κ1) is 7.21. The van der Waals surface area contributed by atoms with Crippen molar-refractivity contribution in [3.05, 3.63) is 28.5 Å². The molecule has 0 radical (unpaired) electrons. The van der Waals surface area contributed by atoms with Gasteiger partial charge in [-0.05, 0) is 12.1 Å². The van der Waals surface area contributed by atoms with Crippen LogP contribution in [0.1, 0.15) is 10.5 Å². The van der Waals surface area contributed by atoms with E-state index in [1.165, 1.54) is 12.3 Å². The van der Waals surface area contributed by atoms with Crippen LogP contribution in [-0.4, -0.2) is 11.0 Å². The van der Waals surface area contributed by atoms with Gasteiger partial charge in [0.15, 0.2) is 0 Å². The highest BCUT2D eigenvalue weighted by Gasteiger charge is 1.93. The Balaban J connectivity index is 3.07. The molecule has 0 N–H and O–H groups in total. The second-order valence-corrected chi connectivity index (χ2v) is 2.56. The molecule has 0 amide bonds. The fourth-order valence-corrected chi connectivity index (χ4v) is 0.851. The summed E-state index contributed by atoms with van der Waals surface area (Å²) in [6.07, 6.45) is 1.40. The van der Waals surface area contributed by atoms with Gasteiger partial charge < -0.3 is 9.90 Å².